The van der Waals surface area contributed by atoms with Crippen LogP contribution in [0.4, 0.5) is 10.2 Å². The second-order valence-electron chi connectivity index (χ2n) is 7.18. The molecule has 2 amide bonds. The van der Waals surface area contributed by atoms with E-state index in [0.29, 0.717) is 10.6 Å². The number of esters is 1. The number of hydrogen-bond donors (Lipinski definition) is 2. The molecule has 0 fully saturated rings. The van der Waals surface area contributed by atoms with Gasteiger partial charge in [-0.1, -0.05) is 51.4 Å². The molecular weight excluding hydrogens is 538 g/mol. The Labute approximate surface area is 220 Å². The van der Waals surface area contributed by atoms with Gasteiger partial charge >= 0.3 is 11.9 Å². The van der Waals surface area contributed by atoms with E-state index in [1.807, 2.05) is 0 Å². The lowest BCUT2D eigenvalue weighted by Gasteiger charge is -2.15. The molecule has 0 aliphatic rings. The predicted octanol–water partition coefficient (Wildman–Crippen LogP) is 6.17. The van der Waals surface area contributed by atoms with Gasteiger partial charge in [0.25, 0.3) is 5.91 Å². The molecule has 0 saturated carbocycles. The van der Waals surface area contributed by atoms with Crippen LogP contribution in [0.1, 0.15) is 22.8 Å². The zero-order valence-electron chi connectivity index (χ0n) is 18.6. The summed E-state index contributed by atoms with van der Waals surface area (Å²) < 4.78 is 24.8. The smallest absolute Gasteiger partial charge is 0.397 e. The number of carbonyl (C=O) groups excluding carboxylic acids is 3. The van der Waals surface area contributed by atoms with Crippen molar-refractivity contribution in [2.45, 2.75) is 13.5 Å². The normalized spacial score (nSPS) is 10.5. The molecule has 0 aliphatic heterocycles. The molecule has 0 radical (unpaired) electrons. The highest BCUT2D eigenvalue weighted by Crippen LogP contribution is 2.39. The van der Waals surface area contributed by atoms with E-state index in [4.69, 9.17) is 39.5 Å². The predicted molar refractivity (Wildman–Crippen MR) is 132 cm³/mol. The summed E-state index contributed by atoms with van der Waals surface area (Å²) in [6.07, 6.45) is 0. The zero-order valence-corrected chi connectivity index (χ0v) is 20.8. The van der Waals surface area contributed by atoms with Crippen LogP contribution in [-0.2, 0) is 20.9 Å². The highest BCUT2D eigenvalue weighted by atomic mass is 35.5. The number of rotatable bonds is 7. The molecule has 0 aliphatic carbocycles. The van der Waals surface area contributed by atoms with Gasteiger partial charge in [-0.2, -0.15) is 5.12 Å². The average Bonchev–Trinajstić information content (AvgIpc) is 2.83. The highest BCUT2D eigenvalue weighted by Gasteiger charge is 2.22. The maximum atomic E-state index is 14.6. The zero-order chi connectivity index (χ0) is 26.4. The Balaban J connectivity index is 1.77. The van der Waals surface area contributed by atoms with Crippen molar-refractivity contribution in [2.24, 2.45) is 0 Å². The molecule has 3 aromatic rings. The van der Waals surface area contributed by atoms with Crippen LogP contribution < -0.4 is 10.1 Å². The first-order valence-electron chi connectivity index (χ1n) is 10.3. The quantitative estimate of drug-likeness (QED) is 0.205. The van der Waals surface area contributed by atoms with E-state index in [2.05, 4.69) is 10.1 Å². The molecule has 0 saturated heterocycles. The van der Waals surface area contributed by atoms with Crippen molar-refractivity contribution in [3.63, 3.8) is 0 Å². The van der Waals surface area contributed by atoms with Crippen molar-refractivity contribution in [1.29, 1.82) is 0 Å². The van der Waals surface area contributed by atoms with Crippen LogP contribution in [0.15, 0.2) is 54.6 Å². The van der Waals surface area contributed by atoms with Gasteiger partial charge in [0.05, 0.1) is 28.8 Å². The maximum absolute atomic E-state index is 14.6. The third kappa shape index (κ3) is 6.78. The molecule has 0 atom stereocenters. The number of nitrogens with one attached hydrogen (secondary N) is 1. The number of benzene rings is 3. The molecule has 0 unspecified atom stereocenters. The first-order chi connectivity index (χ1) is 17.1. The van der Waals surface area contributed by atoms with Crippen LogP contribution in [0.25, 0.3) is 0 Å². The van der Waals surface area contributed by atoms with Gasteiger partial charge in [0.15, 0.2) is 5.75 Å². The standard InChI is InChI=1S/C24H18Cl3FN2O6/c1-2-35-24(34)22(32)29-15-9-18(26)21(19(27)10-15)36-16-7-8-20(31)17(11-16)23(33)30(28)12-13-3-5-14(25)6-4-13/h3-11,31H,2,12H2,1H3,(H,29,32). The first kappa shape index (κ1) is 27.1. The van der Waals surface area contributed by atoms with Crippen molar-refractivity contribution < 1.29 is 33.4 Å². The molecule has 0 aromatic heterocycles. The number of aromatic hydroxyl groups is 1. The summed E-state index contributed by atoms with van der Waals surface area (Å²) >= 11 is 18.3. The van der Waals surface area contributed by atoms with Gasteiger partial charge in [-0.05, 0) is 55.0 Å². The van der Waals surface area contributed by atoms with Crippen molar-refractivity contribution in [2.75, 3.05) is 11.9 Å². The number of amides is 2. The fraction of sp³-hybridized carbons (Fsp3) is 0.125. The molecule has 8 nitrogen and oxygen atoms in total. The van der Waals surface area contributed by atoms with Gasteiger partial charge < -0.3 is 19.9 Å². The second kappa shape index (κ2) is 11.9. The van der Waals surface area contributed by atoms with Gasteiger partial charge in [-0.25, -0.2) is 4.79 Å². The Morgan fingerprint density at radius 3 is 2.25 bits per heavy atom. The minimum atomic E-state index is -1.11. The fourth-order valence-electron chi connectivity index (χ4n) is 2.93. The van der Waals surface area contributed by atoms with E-state index in [-0.39, 0.29) is 51.1 Å². The monoisotopic (exact) mass is 554 g/mol. The molecule has 2 N–H and O–H groups in total. The van der Waals surface area contributed by atoms with Crippen molar-refractivity contribution >= 4 is 58.3 Å². The number of hydrogen-bond acceptors (Lipinski definition) is 6. The minimum Gasteiger partial charge on any atom is -0.507 e. The van der Waals surface area contributed by atoms with Crippen LogP contribution in [0.3, 0.4) is 0 Å². The molecule has 36 heavy (non-hydrogen) atoms. The number of anilines is 1. The third-order valence-electron chi connectivity index (χ3n) is 4.59. The van der Waals surface area contributed by atoms with Crippen LogP contribution in [0.5, 0.6) is 17.2 Å². The Kier molecular flexibility index (Phi) is 8.98. The lowest BCUT2D eigenvalue weighted by atomic mass is 10.1. The topological polar surface area (TPSA) is 105 Å². The lowest BCUT2D eigenvalue weighted by molar-refractivity contribution is -0.152. The fourth-order valence-corrected chi connectivity index (χ4v) is 3.62. The third-order valence-corrected chi connectivity index (χ3v) is 5.40. The second-order valence-corrected chi connectivity index (χ2v) is 8.43. The molecular formula is C24H18Cl3FN2O6. The maximum Gasteiger partial charge on any atom is 0.397 e. The molecule has 0 spiro atoms. The molecule has 3 aromatic carbocycles. The van der Waals surface area contributed by atoms with E-state index < -0.39 is 23.5 Å². The van der Waals surface area contributed by atoms with E-state index in [1.54, 1.807) is 31.2 Å². The Hall–Kier alpha value is -3.53. The van der Waals surface area contributed by atoms with Crippen LogP contribution in [0.2, 0.25) is 15.1 Å². The average molecular weight is 556 g/mol. The molecule has 3 rings (SSSR count). The Morgan fingerprint density at radius 1 is 1.00 bits per heavy atom. The van der Waals surface area contributed by atoms with E-state index in [9.17, 15) is 24.0 Å². The highest BCUT2D eigenvalue weighted by molar-refractivity contribution is 6.39. The van der Waals surface area contributed by atoms with Crippen LogP contribution in [0, 0.1) is 0 Å². The molecule has 188 valence electrons. The molecule has 0 bridgehead atoms. The van der Waals surface area contributed by atoms with Crippen molar-refractivity contribution in [1.82, 2.24) is 5.12 Å². The summed E-state index contributed by atoms with van der Waals surface area (Å²) in [6, 6.07) is 12.4. The number of phenolic OH excluding ortho intramolecular Hbond substituents is 1. The van der Waals surface area contributed by atoms with Gasteiger partial charge in [0.1, 0.15) is 11.5 Å². The van der Waals surface area contributed by atoms with Crippen LogP contribution in [-0.4, -0.2) is 34.6 Å². The summed E-state index contributed by atoms with van der Waals surface area (Å²) in [4.78, 5) is 35.9. The summed E-state index contributed by atoms with van der Waals surface area (Å²) in [6.45, 7) is 1.20. The summed E-state index contributed by atoms with van der Waals surface area (Å²) in [5, 5.41) is 12.7. The van der Waals surface area contributed by atoms with E-state index >= 15 is 0 Å². The Bertz CT molecular complexity index is 1280. The van der Waals surface area contributed by atoms with Crippen molar-refractivity contribution in [3.05, 3.63) is 80.8 Å². The van der Waals surface area contributed by atoms with E-state index in [0.717, 1.165) is 12.1 Å². The number of halogens is 4. The molecule has 0 heterocycles. The van der Waals surface area contributed by atoms with Gasteiger partial charge in [0, 0.05) is 10.7 Å². The van der Waals surface area contributed by atoms with E-state index in [1.165, 1.54) is 18.2 Å². The van der Waals surface area contributed by atoms with Crippen LogP contribution >= 0.6 is 34.8 Å². The van der Waals surface area contributed by atoms with Gasteiger partial charge in [0.2, 0.25) is 0 Å². The number of carbonyl (C=O) groups is 3. The number of phenols is 1. The summed E-state index contributed by atoms with van der Waals surface area (Å²) in [7, 11) is 0. The number of nitrogens with zero attached hydrogens (tertiary/aromatic N) is 1. The van der Waals surface area contributed by atoms with Gasteiger partial charge in [-0.15, -0.1) is 0 Å². The number of ether oxygens (including phenoxy) is 2. The van der Waals surface area contributed by atoms with Gasteiger partial charge in [-0.3, -0.25) is 9.59 Å². The Morgan fingerprint density at radius 2 is 1.64 bits per heavy atom. The van der Waals surface area contributed by atoms with Crippen molar-refractivity contribution in [3.8, 4) is 17.2 Å². The minimum absolute atomic E-state index is 0.0168. The molecule has 12 heteroatoms. The summed E-state index contributed by atoms with van der Waals surface area (Å²) in [5.41, 5.74) is 0.220. The lowest BCUT2D eigenvalue weighted by Crippen LogP contribution is -2.24. The summed E-state index contributed by atoms with van der Waals surface area (Å²) in [5.74, 6) is -3.71. The first-order valence-corrected chi connectivity index (χ1v) is 11.4. The SMILES string of the molecule is CCOC(=O)C(=O)Nc1cc(Cl)c(Oc2ccc(O)c(C(=O)N(F)Cc3ccc(Cl)cc3)c2)c(Cl)c1. The largest absolute Gasteiger partial charge is 0.507 e.